The van der Waals surface area contributed by atoms with E-state index in [0.29, 0.717) is 30.3 Å². The van der Waals surface area contributed by atoms with E-state index in [0.717, 1.165) is 37.8 Å². The molecular formula is C18H34N2O. The minimum atomic E-state index is 0.351. The first-order chi connectivity index (χ1) is 9.95. The van der Waals surface area contributed by atoms with Crippen molar-refractivity contribution < 1.29 is 4.79 Å². The summed E-state index contributed by atoms with van der Waals surface area (Å²) >= 11 is 0. The van der Waals surface area contributed by atoms with Crippen LogP contribution in [0.3, 0.4) is 0 Å². The van der Waals surface area contributed by atoms with Crippen LogP contribution in [0.15, 0.2) is 0 Å². The van der Waals surface area contributed by atoms with Gasteiger partial charge in [-0.05, 0) is 49.9 Å². The van der Waals surface area contributed by atoms with E-state index in [2.05, 4.69) is 37.9 Å². The fraction of sp³-hybridized carbons (Fsp3) is 0.944. The lowest BCUT2D eigenvalue weighted by atomic mass is 9.79. The van der Waals surface area contributed by atoms with Gasteiger partial charge < -0.3 is 10.2 Å². The minimum Gasteiger partial charge on any atom is -0.343 e. The second-order valence-electron chi connectivity index (χ2n) is 7.88. The molecule has 1 amide bonds. The lowest BCUT2D eigenvalue weighted by molar-refractivity contribution is -0.133. The maximum atomic E-state index is 12.1. The molecule has 0 spiro atoms. The number of hydrogen-bond acceptors (Lipinski definition) is 2. The number of amides is 1. The average Bonchev–Trinajstić information content (AvgIpc) is 2.43. The van der Waals surface area contributed by atoms with E-state index < -0.39 is 0 Å². The van der Waals surface area contributed by atoms with Gasteiger partial charge in [0.05, 0.1) is 0 Å². The number of hydrogen-bond donors (Lipinski definition) is 1. The van der Waals surface area contributed by atoms with Crippen LogP contribution < -0.4 is 5.32 Å². The van der Waals surface area contributed by atoms with Crippen LogP contribution in [0.5, 0.6) is 0 Å². The lowest BCUT2D eigenvalue weighted by Crippen LogP contribution is -2.49. The molecule has 3 atom stereocenters. The molecule has 1 N–H and O–H groups in total. The second kappa shape index (κ2) is 7.62. The van der Waals surface area contributed by atoms with Crippen LogP contribution >= 0.6 is 0 Å². The van der Waals surface area contributed by atoms with Crippen LogP contribution in [0.2, 0.25) is 0 Å². The molecule has 2 aliphatic rings. The van der Waals surface area contributed by atoms with E-state index in [1.807, 2.05) is 0 Å². The zero-order chi connectivity index (χ0) is 15.4. The molecule has 0 radical (unpaired) electrons. The highest BCUT2D eigenvalue weighted by molar-refractivity contribution is 5.76. The van der Waals surface area contributed by atoms with Gasteiger partial charge in [0.25, 0.3) is 0 Å². The van der Waals surface area contributed by atoms with Gasteiger partial charge in [-0.15, -0.1) is 0 Å². The smallest absolute Gasteiger partial charge is 0.222 e. The molecule has 0 bridgehead atoms. The van der Waals surface area contributed by atoms with Crippen LogP contribution in [0.1, 0.15) is 66.2 Å². The molecule has 1 aliphatic heterocycles. The molecule has 0 aromatic rings. The Morgan fingerprint density at radius 2 is 1.71 bits per heavy atom. The quantitative estimate of drug-likeness (QED) is 0.861. The van der Waals surface area contributed by atoms with Crippen molar-refractivity contribution in [1.29, 1.82) is 0 Å². The summed E-state index contributed by atoms with van der Waals surface area (Å²) in [5.41, 5.74) is 0. The molecule has 0 aromatic carbocycles. The number of rotatable bonds is 4. The molecular weight excluding hydrogens is 260 g/mol. The Labute approximate surface area is 130 Å². The SMILES string of the molecule is CC(C)CC(=O)N1CCC(N[C@@H]2CC[C@@H](C)[C@H](C)C2)CC1. The Kier molecular flexibility index (Phi) is 6.09. The number of likely N-dealkylation sites (tertiary alicyclic amines) is 1. The summed E-state index contributed by atoms with van der Waals surface area (Å²) in [5, 5.41) is 3.87. The molecule has 1 heterocycles. The number of nitrogens with zero attached hydrogens (tertiary/aromatic N) is 1. The van der Waals surface area contributed by atoms with Crippen LogP contribution in [0.25, 0.3) is 0 Å². The molecule has 3 nitrogen and oxygen atoms in total. The third-order valence-corrected chi connectivity index (χ3v) is 5.50. The van der Waals surface area contributed by atoms with E-state index in [1.54, 1.807) is 0 Å². The summed E-state index contributed by atoms with van der Waals surface area (Å²) in [6, 6.07) is 1.33. The second-order valence-corrected chi connectivity index (χ2v) is 7.88. The van der Waals surface area contributed by atoms with Gasteiger partial charge in [-0.25, -0.2) is 0 Å². The summed E-state index contributed by atoms with van der Waals surface area (Å²) in [7, 11) is 0. The first kappa shape index (κ1) is 16.8. The van der Waals surface area contributed by atoms with E-state index in [4.69, 9.17) is 0 Å². The van der Waals surface area contributed by atoms with Crippen molar-refractivity contribution in [2.24, 2.45) is 17.8 Å². The Hall–Kier alpha value is -0.570. The normalized spacial score (nSPS) is 31.7. The third-order valence-electron chi connectivity index (χ3n) is 5.50. The molecule has 1 aliphatic carbocycles. The van der Waals surface area contributed by atoms with Crippen molar-refractivity contribution in [3.63, 3.8) is 0 Å². The third kappa shape index (κ3) is 4.98. The topological polar surface area (TPSA) is 32.3 Å². The number of piperidine rings is 1. The van der Waals surface area contributed by atoms with Gasteiger partial charge in [-0.2, -0.15) is 0 Å². The van der Waals surface area contributed by atoms with Crippen molar-refractivity contribution >= 4 is 5.91 Å². The fourth-order valence-electron chi connectivity index (χ4n) is 3.81. The Morgan fingerprint density at radius 3 is 2.29 bits per heavy atom. The Bertz CT molecular complexity index is 334. The molecule has 2 fully saturated rings. The first-order valence-electron chi connectivity index (χ1n) is 8.99. The van der Waals surface area contributed by atoms with E-state index in [-0.39, 0.29) is 0 Å². The van der Waals surface area contributed by atoms with Gasteiger partial charge in [0.1, 0.15) is 0 Å². The average molecular weight is 294 g/mol. The molecule has 122 valence electrons. The lowest BCUT2D eigenvalue weighted by Gasteiger charge is -2.38. The molecule has 1 saturated heterocycles. The van der Waals surface area contributed by atoms with Crippen molar-refractivity contribution in [2.75, 3.05) is 13.1 Å². The molecule has 0 aromatic heterocycles. The van der Waals surface area contributed by atoms with Crippen LogP contribution in [-0.2, 0) is 4.79 Å². The summed E-state index contributed by atoms with van der Waals surface area (Å²) in [5.74, 6) is 2.56. The number of nitrogens with one attached hydrogen (secondary N) is 1. The van der Waals surface area contributed by atoms with Crippen molar-refractivity contribution in [1.82, 2.24) is 10.2 Å². The number of carbonyl (C=O) groups excluding carboxylic acids is 1. The van der Waals surface area contributed by atoms with Crippen LogP contribution in [0.4, 0.5) is 0 Å². The van der Waals surface area contributed by atoms with Gasteiger partial charge in [-0.1, -0.05) is 27.7 Å². The molecule has 0 unspecified atom stereocenters. The molecule has 2 rings (SSSR count). The first-order valence-corrected chi connectivity index (χ1v) is 8.99. The van der Waals surface area contributed by atoms with Crippen molar-refractivity contribution in [3.8, 4) is 0 Å². The van der Waals surface area contributed by atoms with Crippen LogP contribution in [0, 0.1) is 17.8 Å². The molecule has 3 heteroatoms. The standard InChI is InChI=1S/C18H34N2O/c1-13(2)11-18(21)20-9-7-16(8-10-20)19-17-6-5-14(3)15(4)12-17/h13-17,19H,5-12H2,1-4H3/t14-,15-,17-/m1/s1. The van der Waals surface area contributed by atoms with Gasteiger partial charge in [0, 0.05) is 31.6 Å². The summed E-state index contributed by atoms with van der Waals surface area (Å²) in [6.45, 7) is 10.9. The highest BCUT2D eigenvalue weighted by Gasteiger charge is 2.28. The predicted molar refractivity (Wildman–Crippen MR) is 88.2 cm³/mol. The maximum Gasteiger partial charge on any atom is 0.222 e. The largest absolute Gasteiger partial charge is 0.343 e. The maximum absolute atomic E-state index is 12.1. The monoisotopic (exact) mass is 294 g/mol. The highest BCUT2D eigenvalue weighted by atomic mass is 16.2. The molecule has 1 saturated carbocycles. The van der Waals surface area contributed by atoms with Gasteiger partial charge in [0.15, 0.2) is 0 Å². The zero-order valence-corrected chi connectivity index (χ0v) is 14.4. The van der Waals surface area contributed by atoms with Gasteiger partial charge in [0.2, 0.25) is 5.91 Å². The predicted octanol–water partition coefficient (Wildman–Crippen LogP) is 3.44. The minimum absolute atomic E-state index is 0.351. The molecule has 21 heavy (non-hydrogen) atoms. The summed E-state index contributed by atoms with van der Waals surface area (Å²) in [4.78, 5) is 14.2. The summed E-state index contributed by atoms with van der Waals surface area (Å²) in [6.07, 6.45) is 6.99. The van der Waals surface area contributed by atoms with Gasteiger partial charge in [-0.3, -0.25) is 4.79 Å². The number of carbonyl (C=O) groups is 1. The summed E-state index contributed by atoms with van der Waals surface area (Å²) < 4.78 is 0. The van der Waals surface area contributed by atoms with Gasteiger partial charge >= 0.3 is 0 Å². The van der Waals surface area contributed by atoms with E-state index >= 15 is 0 Å². The Balaban J connectivity index is 1.71. The van der Waals surface area contributed by atoms with Crippen molar-refractivity contribution in [2.45, 2.75) is 78.3 Å². The highest BCUT2D eigenvalue weighted by Crippen LogP contribution is 2.30. The van der Waals surface area contributed by atoms with E-state index in [1.165, 1.54) is 19.3 Å². The van der Waals surface area contributed by atoms with Crippen molar-refractivity contribution in [3.05, 3.63) is 0 Å². The zero-order valence-electron chi connectivity index (χ0n) is 14.4. The van der Waals surface area contributed by atoms with E-state index in [9.17, 15) is 4.79 Å². The Morgan fingerprint density at radius 1 is 1.05 bits per heavy atom. The van der Waals surface area contributed by atoms with Crippen LogP contribution in [-0.4, -0.2) is 36.0 Å². The fourth-order valence-corrected chi connectivity index (χ4v) is 3.81.